The quantitative estimate of drug-likeness (QED) is 0.682. The topological polar surface area (TPSA) is 103 Å². The Hall–Kier alpha value is -2.36. The molecule has 0 bridgehead atoms. The van der Waals surface area contributed by atoms with Crippen LogP contribution in [0.25, 0.3) is 0 Å². The number of likely N-dealkylation sites (tertiary alicyclic amines) is 1. The van der Waals surface area contributed by atoms with E-state index in [4.69, 9.17) is 11.6 Å². The number of nitrogens with one attached hydrogen (secondary N) is 2. The maximum absolute atomic E-state index is 12.9. The molecule has 0 radical (unpaired) electrons. The van der Waals surface area contributed by atoms with Gasteiger partial charge in [-0.25, -0.2) is 8.42 Å². The number of benzene rings is 1. The van der Waals surface area contributed by atoms with Gasteiger partial charge < -0.3 is 15.2 Å². The predicted octanol–water partition coefficient (Wildman–Crippen LogP) is 3.25. The Labute approximate surface area is 187 Å². The molecule has 2 amide bonds. The number of amides is 2. The lowest BCUT2D eigenvalue weighted by Crippen LogP contribution is -2.35. The molecule has 1 aromatic heterocycles. The van der Waals surface area contributed by atoms with E-state index in [1.807, 2.05) is 0 Å². The number of rotatable bonds is 6. The number of hydrogen-bond donors (Lipinski definition) is 2. The minimum Gasteiger partial charge on any atom is -0.356 e. The van der Waals surface area contributed by atoms with Crippen molar-refractivity contribution < 1.29 is 18.0 Å². The predicted molar refractivity (Wildman–Crippen MR) is 120 cm³/mol. The number of likely N-dealkylation sites (N-methyl/N-ethyl adjacent to an activating group) is 1. The van der Waals surface area contributed by atoms with Gasteiger partial charge in [-0.05, 0) is 49.6 Å². The maximum atomic E-state index is 12.9. The number of aromatic nitrogens is 1. The number of halogens is 1. The van der Waals surface area contributed by atoms with Gasteiger partial charge in [0.2, 0.25) is 15.9 Å². The van der Waals surface area contributed by atoms with Crippen LogP contribution in [0, 0.1) is 6.92 Å². The molecule has 0 atom stereocenters. The molecule has 2 N–H and O–H groups in total. The Kier molecular flexibility index (Phi) is 7.40. The minimum absolute atomic E-state index is 0.0522. The van der Waals surface area contributed by atoms with Gasteiger partial charge in [-0.3, -0.25) is 9.59 Å². The van der Waals surface area contributed by atoms with Crippen LogP contribution in [0.15, 0.2) is 35.4 Å². The van der Waals surface area contributed by atoms with Crippen LogP contribution in [-0.4, -0.2) is 61.1 Å². The number of H-pyrrole nitrogens is 1. The van der Waals surface area contributed by atoms with Gasteiger partial charge in [-0.1, -0.05) is 24.4 Å². The number of carbonyl (C=O) groups is 2. The summed E-state index contributed by atoms with van der Waals surface area (Å²) in [6.07, 6.45) is 5.37. The van der Waals surface area contributed by atoms with Crippen molar-refractivity contribution in [1.29, 1.82) is 0 Å². The van der Waals surface area contributed by atoms with Gasteiger partial charge in [0, 0.05) is 37.0 Å². The summed E-state index contributed by atoms with van der Waals surface area (Å²) in [5.74, 6) is -0.685. The number of nitrogens with zero attached hydrogens (tertiary/aromatic N) is 2. The van der Waals surface area contributed by atoms with Crippen LogP contribution in [0.5, 0.6) is 0 Å². The molecule has 1 aliphatic heterocycles. The summed E-state index contributed by atoms with van der Waals surface area (Å²) in [6, 6.07) is 6.35. The molecule has 1 aromatic carbocycles. The molecule has 0 spiro atoms. The van der Waals surface area contributed by atoms with Gasteiger partial charge in [0.15, 0.2) is 0 Å². The molecule has 0 saturated carbocycles. The Morgan fingerprint density at radius 1 is 1.16 bits per heavy atom. The Balaban J connectivity index is 1.66. The molecular weight excluding hydrogens is 440 g/mol. The second-order valence-electron chi connectivity index (χ2n) is 7.72. The highest BCUT2D eigenvalue weighted by molar-refractivity contribution is 7.89. The summed E-state index contributed by atoms with van der Waals surface area (Å²) in [4.78, 5) is 29.6. The average Bonchev–Trinajstić information content (AvgIpc) is 3.06. The van der Waals surface area contributed by atoms with Crippen LogP contribution in [-0.2, 0) is 14.8 Å². The van der Waals surface area contributed by atoms with Gasteiger partial charge in [-0.2, -0.15) is 4.31 Å². The van der Waals surface area contributed by atoms with Gasteiger partial charge in [0.1, 0.15) is 10.6 Å². The third kappa shape index (κ3) is 5.66. The molecule has 8 nitrogen and oxygen atoms in total. The molecule has 0 aliphatic carbocycles. The van der Waals surface area contributed by atoms with Crippen molar-refractivity contribution >= 4 is 39.1 Å². The second-order valence-corrected chi connectivity index (χ2v) is 10.2. The number of aromatic amines is 1. The van der Waals surface area contributed by atoms with Crippen molar-refractivity contribution in [1.82, 2.24) is 14.2 Å². The second kappa shape index (κ2) is 9.84. The van der Waals surface area contributed by atoms with Crippen LogP contribution in [0.4, 0.5) is 5.69 Å². The molecule has 168 valence electrons. The summed E-state index contributed by atoms with van der Waals surface area (Å²) in [6.45, 7) is 2.77. The SMILES string of the molecule is Cc1cc(Cl)ccc1NC(=O)CN(C)S(=O)(=O)c1c[nH]c(C(=O)N2CCCCCC2)c1. The van der Waals surface area contributed by atoms with E-state index in [1.54, 1.807) is 30.0 Å². The normalized spacial score (nSPS) is 15.0. The summed E-state index contributed by atoms with van der Waals surface area (Å²) in [7, 11) is -2.62. The summed E-state index contributed by atoms with van der Waals surface area (Å²) in [5.41, 5.74) is 1.57. The Morgan fingerprint density at radius 2 is 1.84 bits per heavy atom. The first-order chi connectivity index (χ1) is 14.7. The average molecular weight is 467 g/mol. The standard InChI is InChI=1S/C21H27ClN4O4S/c1-15-11-16(22)7-8-18(15)24-20(27)14-25(2)31(29,30)17-12-19(23-13-17)21(28)26-9-5-3-4-6-10-26/h7-8,11-13,23H,3-6,9-10,14H2,1-2H3,(H,24,27). The summed E-state index contributed by atoms with van der Waals surface area (Å²) < 4.78 is 26.7. The molecule has 1 fully saturated rings. The fraction of sp³-hybridized carbons (Fsp3) is 0.429. The number of carbonyl (C=O) groups excluding carboxylic acids is 2. The van der Waals surface area contributed by atoms with E-state index in [-0.39, 0.29) is 23.0 Å². The molecule has 3 rings (SSSR count). The maximum Gasteiger partial charge on any atom is 0.270 e. The lowest BCUT2D eigenvalue weighted by Gasteiger charge is -2.19. The number of anilines is 1. The first kappa shape index (κ1) is 23.3. The van der Waals surface area contributed by atoms with E-state index in [0.29, 0.717) is 23.8 Å². The first-order valence-electron chi connectivity index (χ1n) is 10.2. The summed E-state index contributed by atoms with van der Waals surface area (Å²) >= 11 is 5.92. The van der Waals surface area contributed by atoms with Crippen molar-refractivity contribution in [2.75, 3.05) is 32.0 Å². The molecular formula is C21H27ClN4O4S. The van der Waals surface area contributed by atoms with Crippen molar-refractivity contribution in [3.8, 4) is 0 Å². The Bertz CT molecular complexity index is 1060. The minimum atomic E-state index is -3.94. The zero-order valence-corrected chi connectivity index (χ0v) is 19.2. The van der Waals surface area contributed by atoms with E-state index in [1.165, 1.54) is 19.3 Å². The van der Waals surface area contributed by atoms with Crippen LogP contribution < -0.4 is 5.32 Å². The van der Waals surface area contributed by atoms with Crippen molar-refractivity contribution in [3.63, 3.8) is 0 Å². The van der Waals surface area contributed by atoms with Gasteiger partial charge in [-0.15, -0.1) is 0 Å². The third-order valence-electron chi connectivity index (χ3n) is 5.32. The van der Waals surface area contributed by atoms with E-state index in [2.05, 4.69) is 10.3 Å². The van der Waals surface area contributed by atoms with Crippen LogP contribution >= 0.6 is 11.6 Å². The van der Waals surface area contributed by atoms with Crippen LogP contribution in [0.2, 0.25) is 5.02 Å². The van der Waals surface area contributed by atoms with E-state index in [9.17, 15) is 18.0 Å². The van der Waals surface area contributed by atoms with Crippen molar-refractivity contribution in [3.05, 3.63) is 46.7 Å². The lowest BCUT2D eigenvalue weighted by atomic mass is 10.2. The summed E-state index contributed by atoms with van der Waals surface area (Å²) in [5, 5.41) is 3.24. The number of hydrogen-bond acceptors (Lipinski definition) is 4. The van der Waals surface area contributed by atoms with Crippen molar-refractivity contribution in [2.45, 2.75) is 37.5 Å². The zero-order valence-electron chi connectivity index (χ0n) is 17.7. The van der Waals surface area contributed by atoms with Crippen LogP contribution in [0.1, 0.15) is 41.7 Å². The highest BCUT2D eigenvalue weighted by atomic mass is 35.5. The molecule has 1 aliphatic rings. The third-order valence-corrected chi connectivity index (χ3v) is 7.33. The molecule has 2 heterocycles. The van der Waals surface area contributed by atoms with Gasteiger partial charge in [0.25, 0.3) is 5.91 Å². The smallest absolute Gasteiger partial charge is 0.270 e. The highest BCUT2D eigenvalue weighted by Gasteiger charge is 2.27. The fourth-order valence-electron chi connectivity index (χ4n) is 3.52. The van der Waals surface area contributed by atoms with Crippen molar-refractivity contribution in [2.24, 2.45) is 0 Å². The van der Waals surface area contributed by atoms with Crippen LogP contribution in [0.3, 0.4) is 0 Å². The monoisotopic (exact) mass is 466 g/mol. The molecule has 10 heteroatoms. The fourth-order valence-corrected chi connectivity index (χ4v) is 4.86. The lowest BCUT2D eigenvalue weighted by molar-refractivity contribution is -0.116. The number of sulfonamides is 1. The largest absolute Gasteiger partial charge is 0.356 e. The van der Waals surface area contributed by atoms with E-state index >= 15 is 0 Å². The van der Waals surface area contributed by atoms with E-state index < -0.39 is 15.9 Å². The van der Waals surface area contributed by atoms with E-state index in [0.717, 1.165) is 35.6 Å². The molecule has 2 aromatic rings. The zero-order chi connectivity index (χ0) is 22.6. The molecule has 1 saturated heterocycles. The molecule has 0 unspecified atom stereocenters. The number of aryl methyl sites for hydroxylation is 1. The molecule has 31 heavy (non-hydrogen) atoms. The first-order valence-corrected chi connectivity index (χ1v) is 12.0. The van der Waals surface area contributed by atoms with Gasteiger partial charge >= 0.3 is 0 Å². The Morgan fingerprint density at radius 3 is 2.48 bits per heavy atom. The highest BCUT2D eigenvalue weighted by Crippen LogP contribution is 2.21. The van der Waals surface area contributed by atoms with Gasteiger partial charge in [0.05, 0.1) is 6.54 Å².